The van der Waals surface area contributed by atoms with Crippen LogP contribution in [0.5, 0.6) is 0 Å². The van der Waals surface area contributed by atoms with Crippen molar-refractivity contribution in [3.8, 4) is 0 Å². The van der Waals surface area contributed by atoms with Crippen LogP contribution in [0.15, 0.2) is 176 Å². The smallest absolute Gasteiger partial charge is 0.159 e. The maximum Gasteiger partial charge on any atom is 0.159 e. The van der Waals surface area contributed by atoms with E-state index in [9.17, 15) is 22.0 Å². The maximum atomic E-state index is 13.7. The molecule has 10 atom stereocenters. The Morgan fingerprint density at radius 2 is 0.680 bits per heavy atom. The van der Waals surface area contributed by atoms with Crippen LogP contribution < -0.4 is 53.2 Å². The van der Waals surface area contributed by atoms with Crippen LogP contribution >= 0.6 is 61.5 Å². The molecule has 0 aliphatic rings. The third-order valence-corrected chi connectivity index (χ3v) is 27.2. The second kappa shape index (κ2) is 72.5. The largest absolute Gasteiger partial charge is 0.472 e. The summed E-state index contributed by atoms with van der Waals surface area (Å²) in [7, 11) is 0. The van der Waals surface area contributed by atoms with Crippen molar-refractivity contribution in [3.63, 3.8) is 0 Å². The fourth-order valence-corrected chi connectivity index (χ4v) is 20.3. The Bertz CT molecular complexity index is 4530. The molecule has 0 aliphatic heterocycles. The molecule has 0 radical (unpaired) electrons. The van der Waals surface area contributed by atoms with Gasteiger partial charge in [0.1, 0.15) is 23.2 Å². The van der Waals surface area contributed by atoms with Crippen molar-refractivity contribution in [2.24, 2.45) is 60.1 Å². The second-order valence-corrected chi connectivity index (χ2v) is 56.6. The number of rotatable bonds is 40. The predicted octanol–water partition coefficient (Wildman–Crippen LogP) is 38.8. The van der Waals surface area contributed by atoms with Gasteiger partial charge in [0.25, 0.3) is 0 Å². The standard InChI is InChI=1S/C14H22BrN.C14H21ClFN.2C14H21F2N.C13H23NS.2C12H21NO.2C12H21NS.C11H25N/c1-5-16-13(10-14(2,3)4)11-6-8-12(15)9-7-11;1-5-17-13(9-14(2,3)4)10-6-7-12(16)11(15)8-10;1-5-17-13(9-14(2,3)4)11-7-6-10(15)8-12(11)16;1-5-17-13(9-14(2,3)4)10-6-7-11(15)12(16)8-10;1-6-14-11(9-13(3,4)5)12-8-7-10(2)15-12;1-5-13-11(8-12(2,3)4)10-6-7-14-9-10;1-5-13-10(9-12(2,3)4)11-7-6-8-14-11;1-5-13-11(8-12(2,3)4)10-6-7-14-9-10;1-5-13-10(9-12(2,3)4)11-7-6-8-14-11;1-7-12-10(9(2)3)8-11(4,5)6/h6-9,13,16H,5,10H2,1-4H3;3*6-8,13,17H,5,9H2,1-4H3;7-8,11,14H,6,9H2,1-5H3;6-7,9,11,13H,5,8H2,1-4H3;6-8,10,13H,5,9H2,1-4H3;6-7,9,11,13H,5,8H2,1-4H3;6-8,10,13H,5,9H2,1-4H3;9-10,12H,7-8H2,1-6H3. The summed E-state index contributed by atoms with van der Waals surface area (Å²) in [5.41, 5.74) is 9.50. The lowest BCUT2D eigenvalue weighted by Crippen LogP contribution is -2.36. The molecular weight excluding hydrogens is 2020 g/mol. The van der Waals surface area contributed by atoms with Crippen LogP contribution in [-0.4, -0.2) is 71.5 Å². The minimum atomic E-state index is -0.792. The van der Waals surface area contributed by atoms with E-state index in [2.05, 4.69) is 424 Å². The van der Waals surface area contributed by atoms with Crippen molar-refractivity contribution < 1.29 is 30.8 Å². The van der Waals surface area contributed by atoms with Crippen LogP contribution in [0.2, 0.25) is 5.02 Å². The van der Waals surface area contributed by atoms with E-state index in [1.165, 1.54) is 87.3 Å². The second-order valence-electron chi connectivity index (χ2n) is 52.2. The fraction of sp³-hybridized carbons (Fsp3) is 0.656. The molecule has 0 saturated carbocycles. The number of aryl methyl sites for hydroxylation is 1. The minimum Gasteiger partial charge on any atom is -0.472 e. The zero-order valence-electron chi connectivity index (χ0n) is 102. The number of thiophene rings is 3. The average Bonchev–Trinajstić information content (AvgIpc) is 1.30. The van der Waals surface area contributed by atoms with Crippen LogP contribution in [0.1, 0.15) is 463 Å². The molecule has 0 amide bonds. The topological polar surface area (TPSA) is 147 Å². The lowest BCUT2D eigenvalue weighted by molar-refractivity contribution is 0.267. The van der Waals surface area contributed by atoms with Gasteiger partial charge in [0, 0.05) is 90.7 Å². The lowest BCUT2D eigenvalue weighted by atomic mass is 9.84. The summed E-state index contributed by atoms with van der Waals surface area (Å²) in [6, 6.07) is 42.3. The summed E-state index contributed by atoms with van der Waals surface area (Å²) in [5.74, 6) is -1.15. The maximum absolute atomic E-state index is 13.7. The third-order valence-electron chi connectivity index (χ3n) is 23.6. The summed E-state index contributed by atoms with van der Waals surface area (Å²) in [6.07, 6.45) is 16.2. The third kappa shape index (κ3) is 71.0. The summed E-state index contributed by atoms with van der Waals surface area (Å²) in [4.78, 5) is 4.34. The van der Waals surface area contributed by atoms with Gasteiger partial charge in [0.2, 0.25) is 0 Å². The molecule has 9 rings (SSSR count). The van der Waals surface area contributed by atoms with Crippen LogP contribution in [-0.2, 0) is 0 Å². The van der Waals surface area contributed by atoms with E-state index < -0.39 is 23.3 Å². The molecule has 5 aromatic heterocycles. The van der Waals surface area contributed by atoms with Crippen molar-refractivity contribution in [2.45, 2.75) is 422 Å². The Labute approximate surface area is 941 Å². The monoisotopic (exact) mass is 2230 g/mol. The molecule has 150 heavy (non-hydrogen) atoms. The van der Waals surface area contributed by atoms with Gasteiger partial charge in [0.15, 0.2) is 11.6 Å². The van der Waals surface area contributed by atoms with Crippen molar-refractivity contribution in [3.05, 3.63) is 255 Å². The number of hydrogen-bond donors (Lipinski definition) is 10. The Balaban J connectivity index is 0.00000165. The molecule has 10 N–H and O–H groups in total. The van der Waals surface area contributed by atoms with E-state index in [4.69, 9.17) is 20.4 Å². The van der Waals surface area contributed by atoms with E-state index >= 15 is 0 Å². The molecule has 12 nitrogen and oxygen atoms in total. The summed E-state index contributed by atoms with van der Waals surface area (Å²) in [6.45, 7) is 105. The number of furan rings is 2. The zero-order chi connectivity index (χ0) is 115. The van der Waals surface area contributed by atoms with Crippen molar-refractivity contribution >= 4 is 61.5 Å². The molecule has 0 bridgehead atoms. The van der Waals surface area contributed by atoms with Crippen LogP contribution in [0.3, 0.4) is 0 Å². The molecule has 9 aromatic rings. The first kappa shape index (κ1) is 145. The van der Waals surface area contributed by atoms with Gasteiger partial charge in [-0.2, -0.15) is 11.3 Å². The van der Waals surface area contributed by atoms with Gasteiger partial charge < -0.3 is 62.0 Å². The van der Waals surface area contributed by atoms with Crippen LogP contribution in [0.4, 0.5) is 22.0 Å². The first-order valence-electron chi connectivity index (χ1n) is 55.9. The van der Waals surface area contributed by atoms with Crippen molar-refractivity contribution in [2.75, 3.05) is 65.4 Å². The normalized spacial score (nSPS) is 14.1. The van der Waals surface area contributed by atoms with E-state index in [0.29, 0.717) is 85.8 Å². The average molecular weight is 2230 g/mol. The van der Waals surface area contributed by atoms with Gasteiger partial charge in [-0.25, -0.2) is 22.0 Å². The summed E-state index contributed by atoms with van der Waals surface area (Å²) in [5, 5.41) is 41.4. The van der Waals surface area contributed by atoms with Gasteiger partial charge in [-0.15, -0.1) is 22.7 Å². The van der Waals surface area contributed by atoms with E-state index in [1.807, 2.05) is 61.0 Å². The predicted molar refractivity (Wildman–Crippen MR) is 654 cm³/mol. The van der Waals surface area contributed by atoms with Gasteiger partial charge in [-0.1, -0.05) is 355 Å². The Hall–Kier alpha value is -5.44. The number of hydrogen-bond acceptors (Lipinski definition) is 15. The summed E-state index contributed by atoms with van der Waals surface area (Å²) < 4.78 is 77.5. The number of benzene rings is 4. The lowest BCUT2D eigenvalue weighted by Gasteiger charge is -2.29. The Kier molecular flexibility index (Phi) is 69.9. The van der Waals surface area contributed by atoms with Gasteiger partial charge in [-0.3, -0.25) is 0 Å². The van der Waals surface area contributed by atoms with Crippen molar-refractivity contribution in [1.82, 2.24) is 53.2 Å². The Morgan fingerprint density at radius 3 is 1.03 bits per heavy atom. The van der Waals surface area contributed by atoms with Crippen molar-refractivity contribution in [1.29, 1.82) is 0 Å². The van der Waals surface area contributed by atoms with E-state index in [0.717, 1.165) is 137 Å². The molecule has 10 unspecified atom stereocenters. The molecule has 5 heterocycles. The van der Waals surface area contributed by atoms with E-state index in [-0.39, 0.29) is 45.2 Å². The van der Waals surface area contributed by atoms with Crippen LogP contribution in [0.25, 0.3) is 0 Å². The van der Waals surface area contributed by atoms with E-state index in [1.54, 1.807) is 42.1 Å². The number of nitrogens with one attached hydrogen (secondary N) is 10. The molecule has 0 fully saturated rings. The highest BCUT2D eigenvalue weighted by Gasteiger charge is 2.30. The van der Waals surface area contributed by atoms with Gasteiger partial charge >= 0.3 is 0 Å². The first-order valence-corrected chi connectivity index (χ1v) is 59.7. The highest BCUT2D eigenvalue weighted by Crippen LogP contribution is 2.40. The molecule has 858 valence electrons. The highest BCUT2D eigenvalue weighted by molar-refractivity contribution is 9.10. The molecule has 4 aromatic carbocycles. The number of halogens is 7. The first-order chi connectivity index (χ1) is 69.3. The highest BCUT2D eigenvalue weighted by atomic mass is 79.9. The molecule has 22 heteroatoms. The fourth-order valence-electron chi connectivity index (χ4n) is 17.3. The molecule has 0 spiro atoms. The molecule has 0 saturated heterocycles. The minimum absolute atomic E-state index is 0.0649. The molecule has 0 aliphatic carbocycles. The Morgan fingerprint density at radius 1 is 0.313 bits per heavy atom. The summed E-state index contributed by atoms with van der Waals surface area (Å²) >= 11 is 14.8. The zero-order valence-corrected chi connectivity index (χ0v) is 107. The van der Waals surface area contributed by atoms with Gasteiger partial charge in [0.05, 0.1) is 29.9 Å². The quantitative estimate of drug-likeness (QED) is 0.0167. The SMILES string of the molecule is CCNC(CC(C)(C)C)C(C)C.CCNC(CC(C)(C)C)c1ccc(Br)cc1.CCNC(CC(C)(C)C)c1ccc(C)s1.CCNC(CC(C)(C)C)c1ccc(F)c(Cl)c1.CCNC(CC(C)(C)C)c1ccc(F)c(F)c1.CCNC(CC(C)(C)C)c1ccc(F)cc1F.CCNC(CC(C)(C)C)c1ccco1.CCNC(CC(C)(C)C)c1cccs1.CCNC(CC(C)(C)C)c1ccoc1.CCNC(CC(C)(C)C)c1ccsc1. The van der Waals surface area contributed by atoms with Crippen LogP contribution in [0, 0.1) is 96.1 Å². The molecular formula is C128H217BrClF5N10O2S3. The van der Waals surface area contributed by atoms with Gasteiger partial charge in [-0.05, 0) is 320 Å².